The highest BCUT2D eigenvalue weighted by molar-refractivity contribution is 7.09. The fraction of sp³-hybridized carbons (Fsp3) is 0.519. The number of nitrogens with one attached hydrogen (secondary N) is 3. The molecule has 1 fully saturated rings. The van der Waals surface area contributed by atoms with E-state index in [9.17, 15) is 24.0 Å². The molecule has 5 amide bonds. The first-order valence-electron chi connectivity index (χ1n) is 24.3. The van der Waals surface area contributed by atoms with E-state index in [1.807, 2.05) is 112 Å². The molecule has 0 spiro atoms. The van der Waals surface area contributed by atoms with Crippen molar-refractivity contribution in [1.29, 1.82) is 0 Å². The van der Waals surface area contributed by atoms with Crippen molar-refractivity contribution < 1.29 is 38.2 Å². The minimum Gasteiger partial charge on any atom is -0.449 e. The van der Waals surface area contributed by atoms with Crippen LogP contribution in [0.2, 0.25) is 0 Å². The Hall–Kier alpha value is -5.64. The second-order valence-corrected chi connectivity index (χ2v) is 20.4. The van der Waals surface area contributed by atoms with E-state index < -0.39 is 47.7 Å². The Morgan fingerprint density at radius 2 is 1.52 bits per heavy atom. The van der Waals surface area contributed by atoms with E-state index >= 15 is 0 Å². The van der Waals surface area contributed by atoms with Crippen molar-refractivity contribution in [3.05, 3.63) is 112 Å². The number of nitrogens with zero attached hydrogens (tertiary/aromatic N) is 3. The lowest BCUT2D eigenvalue weighted by Crippen LogP contribution is -2.62. The monoisotopic (exact) mass is 965 g/mol. The van der Waals surface area contributed by atoms with Gasteiger partial charge >= 0.3 is 6.09 Å². The average Bonchev–Trinajstić information content (AvgIpc) is 4.13. The zero-order chi connectivity index (χ0) is 50.0. The Kier molecular flexibility index (Phi) is 18.2. The summed E-state index contributed by atoms with van der Waals surface area (Å²) < 4.78 is 17.9. The summed E-state index contributed by atoms with van der Waals surface area (Å²) in [5.74, 6) is -2.43. The van der Waals surface area contributed by atoms with Gasteiger partial charge in [-0.25, -0.2) is 9.78 Å². The number of benzene rings is 3. The second-order valence-electron chi connectivity index (χ2n) is 19.5. The fourth-order valence-corrected chi connectivity index (χ4v) is 10.8. The SMILES string of the molecule is CC[C@H](C)[C@@H]([C@@H](CC(=O)N1CCC[C@H]1[C@H](OC)[C@@H](C)C(=O)N[C@@H](Cc1ccccc1)c1nccs1)OC)N(C)C(=O)[C@@H](NC(=O)C(C)(C)NC(=O)OCC1c2ccccc2-c2ccccc21)C(C)C. The van der Waals surface area contributed by atoms with Gasteiger partial charge in [-0.1, -0.05) is 120 Å². The number of carbonyl (C=O) groups excluding carboxylic acids is 5. The summed E-state index contributed by atoms with van der Waals surface area (Å²) in [6.07, 6.45) is 2.35. The molecule has 4 aromatic rings. The van der Waals surface area contributed by atoms with E-state index in [4.69, 9.17) is 14.2 Å². The number of methoxy groups -OCH3 is 2. The number of thiazole rings is 1. The lowest BCUT2D eigenvalue weighted by atomic mass is 9.89. The van der Waals surface area contributed by atoms with Crippen molar-refractivity contribution in [3.63, 3.8) is 0 Å². The molecular weight excluding hydrogens is 893 g/mol. The van der Waals surface area contributed by atoms with E-state index in [1.165, 1.54) is 11.3 Å². The van der Waals surface area contributed by atoms with Gasteiger partial charge in [-0.05, 0) is 72.8 Å². The predicted molar refractivity (Wildman–Crippen MR) is 268 cm³/mol. The standard InChI is InChI=1S/C54H72N6O8S/c1-11-34(4)47(44(66-9)31-45(61)60-28-19-26-43(60)48(67-10)35(5)49(62)56-42(50-55-27-29-69-50)30-36-20-13-12-14-21-36)59(8)51(63)46(33(2)3)57-52(64)54(6,7)58-53(65)68-32-41-39-24-17-15-22-37(39)38-23-16-18-25-40(38)41/h12-18,20-25,27,29,33-35,41-44,46-48H,11,19,26,28,30-32H2,1-10H3,(H,56,62)(H,57,64)(H,58,65)/t34-,35+,42-,43-,44+,46-,47-,48+/m0/s1. The van der Waals surface area contributed by atoms with E-state index in [0.717, 1.165) is 39.2 Å². The van der Waals surface area contributed by atoms with Gasteiger partial charge in [0.15, 0.2) is 0 Å². The number of amides is 5. The van der Waals surface area contributed by atoms with Crippen LogP contribution < -0.4 is 16.0 Å². The molecule has 2 aliphatic rings. The highest BCUT2D eigenvalue weighted by Crippen LogP contribution is 2.44. The first kappa shape index (κ1) is 52.7. The molecule has 3 aromatic carbocycles. The zero-order valence-electron chi connectivity index (χ0n) is 41.9. The summed E-state index contributed by atoms with van der Waals surface area (Å²) in [7, 11) is 4.82. The summed E-state index contributed by atoms with van der Waals surface area (Å²) in [5.41, 5.74) is 3.99. The molecule has 372 valence electrons. The van der Waals surface area contributed by atoms with Crippen molar-refractivity contribution in [2.24, 2.45) is 17.8 Å². The maximum absolute atomic E-state index is 14.6. The minimum atomic E-state index is -1.44. The Labute approximate surface area is 412 Å². The molecule has 1 aromatic heterocycles. The molecule has 0 radical (unpaired) electrons. The largest absolute Gasteiger partial charge is 0.449 e. The van der Waals surface area contributed by atoms with E-state index in [1.54, 1.807) is 46.2 Å². The van der Waals surface area contributed by atoms with Crippen LogP contribution in [0.4, 0.5) is 4.79 Å². The molecule has 2 heterocycles. The second kappa shape index (κ2) is 23.8. The highest BCUT2D eigenvalue weighted by atomic mass is 32.1. The quantitative estimate of drug-likeness (QED) is 0.0709. The Morgan fingerprint density at radius 3 is 2.10 bits per heavy atom. The molecule has 69 heavy (non-hydrogen) atoms. The number of alkyl carbamates (subject to hydrolysis) is 1. The highest BCUT2D eigenvalue weighted by Gasteiger charge is 2.44. The summed E-state index contributed by atoms with van der Waals surface area (Å²) in [5, 5.41) is 11.6. The van der Waals surface area contributed by atoms with Crippen LogP contribution >= 0.6 is 11.3 Å². The summed E-state index contributed by atoms with van der Waals surface area (Å²) >= 11 is 1.49. The van der Waals surface area contributed by atoms with Crippen LogP contribution in [0.15, 0.2) is 90.4 Å². The number of aromatic nitrogens is 1. The molecule has 0 unspecified atom stereocenters. The average molecular weight is 965 g/mol. The number of ether oxygens (including phenoxy) is 3. The van der Waals surface area contributed by atoms with Gasteiger partial charge in [0.1, 0.15) is 23.2 Å². The Balaban J connectivity index is 1.09. The van der Waals surface area contributed by atoms with Gasteiger partial charge in [0.25, 0.3) is 0 Å². The first-order valence-corrected chi connectivity index (χ1v) is 25.2. The van der Waals surface area contributed by atoms with Gasteiger partial charge in [-0.3, -0.25) is 19.2 Å². The zero-order valence-corrected chi connectivity index (χ0v) is 42.7. The van der Waals surface area contributed by atoms with E-state index in [0.29, 0.717) is 25.8 Å². The number of carbonyl (C=O) groups is 5. The van der Waals surface area contributed by atoms with Crippen LogP contribution in [0.25, 0.3) is 11.1 Å². The van der Waals surface area contributed by atoms with Crippen molar-refractivity contribution >= 4 is 41.1 Å². The molecule has 1 aliphatic carbocycles. The number of hydrogen-bond donors (Lipinski definition) is 3. The predicted octanol–water partition coefficient (Wildman–Crippen LogP) is 7.92. The van der Waals surface area contributed by atoms with Crippen LogP contribution in [0.5, 0.6) is 0 Å². The van der Waals surface area contributed by atoms with Crippen LogP contribution in [-0.2, 0) is 39.8 Å². The van der Waals surface area contributed by atoms with E-state index in [-0.39, 0.29) is 60.6 Å². The van der Waals surface area contributed by atoms with Gasteiger partial charge in [0.05, 0.1) is 42.7 Å². The molecule has 1 saturated heterocycles. The topological polar surface area (TPSA) is 168 Å². The number of fused-ring (bicyclic) bond motifs is 3. The molecule has 0 saturated carbocycles. The summed E-state index contributed by atoms with van der Waals surface area (Å²) in [6.45, 7) is 13.3. The molecule has 8 atom stereocenters. The molecule has 1 aliphatic heterocycles. The van der Waals surface area contributed by atoms with Crippen molar-refractivity contribution in [2.75, 3.05) is 34.4 Å². The van der Waals surface area contributed by atoms with Crippen LogP contribution in [-0.4, -0.2) is 115 Å². The number of likely N-dealkylation sites (tertiary alicyclic amines) is 1. The molecule has 14 nitrogen and oxygen atoms in total. The minimum absolute atomic E-state index is 0.0182. The van der Waals surface area contributed by atoms with Gasteiger partial charge in [0.2, 0.25) is 23.6 Å². The van der Waals surface area contributed by atoms with Crippen LogP contribution in [0.3, 0.4) is 0 Å². The van der Waals surface area contributed by atoms with Crippen molar-refractivity contribution in [3.8, 4) is 11.1 Å². The third-order valence-corrected chi connectivity index (χ3v) is 15.0. The van der Waals surface area contributed by atoms with Crippen molar-refractivity contribution in [2.45, 2.75) is 128 Å². The smallest absolute Gasteiger partial charge is 0.408 e. The number of rotatable bonds is 22. The van der Waals surface area contributed by atoms with Crippen molar-refractivity contribution in [1.82, 2.24) is 30.7 Å². The molecule has 6 rings (SSSR count). The molecule has 15 heteroatoms. The molecule has 0 bridgehead atoms. The van der Waals surface area contributed by atoms with Crippen LogP contribution in [0, 0.1) is 17.8 Å². The van der Waals surface area contributed by atoms with E-state index in [2.05, 4.69) is 33.1 Å². The Bertz CT molecular complexity index is 2320. The molecule has 3 N–H and O–H groups in total. The third kappa shape index (κ3) is 12.4. The fourth-order valence-electron chi connectivity index (χ4n) is 10.1. The molecular formula is C54H72N6O8S. The third-order valence-electron chi connectivity index (χ3n) is 14.2. The van der Waals surface area contributed by atoms with Crippen LogP contribution in [0.1, 0.15) is 108 Å². The lowest BCUT2D eigenvalue weighted by Gasteiger charge is -2.41. The maximum atomic E-state index is 14.6. The maximum Gasteiger partial charge on any atom is 0.408 e. The van der Waals surface area contributed by atoms with Gasteiger partial charge in [-0.2, -0.15) is 0 Å². The van der Waals surface area contributed by atoms with Gasteiger partial charge in [0, 0.05) is 45.3 Å². The summed E-state index contributed by atoms with van der Waals surface area (Å²) in [4.78, 5) is 78.3. The summed E-state index contributed by atoms with van der Waals surface area (Å²) in [6, 6.07) is 23.9. The Morgan fingerprint density at radius 1 is 0.884 bits per heavy atom. The first-order chi connectivity index (χ1) is 33.0. The van der Waals surface area contributed by atoms with Gasteiger partial charge in [-0.15, -0.1) is 11.3 Å². The normalized spacial score (nSPS) is 17.7. The lowest BCUT2D eigenvalue weighted by molar-refractivity contribution is -0.148. The number of likely N-dealkylation sites (N-methyl/N-ethyl adjacent to an activating group) is 1. The van der Waals surface area contributed by atoms with Gasteiger partial charge < -0.3 is 40.0 Å². The number of hydrogen-bond acceptors (Lipinski definition) is 10.